The van der Waals surface area contributed by atoms with Crippen LogP contribution in [0.15, 0.2) is 0 Å². The lowest BCUT2D eigenvalue weighted by Crippen LogP contribution is -2.62. The van der Waals surface area contributed by atoms with E-state index in [0.29, 0.717) is 12.8 Å². The van der Waals surface area contributed by atoms with E-state index in [4.69, 9.17) is 11.6 Å². The standard InChI is InChI=1S/C17H23ClO7/c1-16(2)9-11(20)13(14(22)17(16,18)15(23)25-4)10(19)7-5-6-8-12(21)24-3/h13H,5-9H2,1-4H3. The molecule has 0 bridgehead atoms. The number of esters is 2. The number of alkyl halides is 1. The summed E-state index contributed by atoms with van der Waals surface area (Å²) in [6, 6.07) is 0. The summed E-state index contributed by atoms with van der Waals surface area (Å²) < 4.78 is 9.13. The van der Waals surface area contributed by atoms with Gasteiger partial charge in [0.25, 0.3) is 0 Å². The van der Waals surface area contributed by atoms with Crippen LogP contribution in [0.25, 0.3) is 0 Å². The third-order valence-corrected chi connectivity index (χ3v) is 5.39. The van der Waals surface area contributed by atoms with Gasteiger partial charge in [-0.25, -0.2) is 4.79 Å². The van der Waals surface area contributed by atoms with E-state index in [0.717, 1.165) is 7.11 Å². The Balaban J connectivity index is 2.91. The average molecular weight is 375 g/mol. The Hall–Kier alpha value is -1.76. The molecule has 1 rings (SSSR count). The van der Waals surface area contributed by atoms with Crippen molar-refractivity contribution in [3.05, 3.63) is 0 Å². The van der Waals surface area contributed by atoms with Crippen molar-refractivity contribution in [1.29, 1.82) is 0 Å². The highest BCUT2D eigenvalue weighted by atomic mass is 35.5. The summed E-state index contributed by atoms with van der Waals surface area (Å²) in [7, 11) is 2.36. The van der Waals surface area contributed by atoms with Crippen LogP contribution in [0.5, 0.6) is 0 Å². The maximum Gasteiger partial charge on any atom is 0.335 e. The number of halogens is 1. The molecule has 0 saturated heterocycles. The van der Waals surface area contributed by atoms with E-state index in [1.807, 2.05) is 0 Å². The maximum atomic E-state index is 12.8. The van der Waals surface area contributed by atoms with Gasteiger partial charge in [0.1, 0.15) is 5.92 Å². The predicted octanol–water partition coefficient (Wildman–Crippen LogP) is 1.62. The van der Waals surface area contributed by atoms with Crippen LogP contribution in [0.4, 0.5) is 0 Å². The molecule has 0 heterocycles. The number of carbonyl (C=O) groups is 5. The van der Waals surface area contributed by atoms with Gasteiger partial charge in [0.2, 0.25) is 4.87 Å². The van der Waals surface area contributed by atoms with Crippen LogP contribution < -0.4 is 0 Å². The van der Waals surface area contributed by atoms with E-state index in [1.54, 1.807) is 0 Å². The van der Waals surface area contributed by atoms with Crippen LogP contribution in [0.3, 0.4) is 0 Å². The van der Waals surface area contributed by atoms with Crippen LogP contribution in [0.1, 0.15) is 46.0 Å². The monoisotopic (exact) mass is 374 g/mol. The van der Waals surface area contributed by atoms with Crippen molar-refractivity contribution in [3.8, 4) is 0 Å². The zero-order valence-electron chi connectivity index (χ0n) is 14.8. The molecular weight excluding hydrogens is 352 g/mol. The minimum atomic E-state index is -2.08. The molecule has 0 aromatic carbocycles. The molecule has 0 amide bonds. The van der Waals surface area contributed by atoms with Gasteiger partial charge < -0.3 is 9.47 Å². The SMILES string of the molecule is COC(=O)CCCCC(=O)C1C(=O)CC(C)(C)C(Cl)(C(=O)OC)C1=O. The highest BCUT2D eigenvalue weighted by Crippen LogP contribution is 2.48. The number of ketones is 3. The zero-order chi connectivity index (χ0) is 19.4. The van der Waals surface area contributed by atoms with Gasteiger partial charge in [0.05, 0.1) is 14.2 Å². The summed E-state index contributed by atoms with van der Waals surface area (Å²) in [5.41, 5.74) is -1.17. The third kappa shape index (κ3) is 4.08. The molecule has 8 heteroatoms. The first-order valence-electron chi connectivity index (χ1n) is 7.96. The number of hydrogen-bond donors (Lipinski definition) is 0. The minimum Gasteiger partial charge on any atom is -0.469 e. The summed E-state index contributed by atoms with van der Waals surface area (Å²) in [6.45, 7) is 3.04. The van der Waals surface area contributed by atoms with Crippen molar-refractivity contribution >= 4 is 40.9 Å². The molecule has 1 aliphatic rings. The van der Waals surface area contributed by atoms with Gasteiger partial charge in [-0.2, -0.15) is 0 Å². The molecule has 0 N–H and O–H groups in total. The Morgan fingerprint density at radius 3 is 2.16 bits per heavy atom. The van der Waals surface area contributed by atoms with Crippen LogP contribution in [-0.4, -0.2) is 48.4 Å². The number of unbranched alkanes of at least 4 members (excludes halogenated alkanes) is 1. The smallest absolute Gasteiger partial charge is 0.335 e. The lowest BCUT2D eigenvalue weighted by atomic mass is 9.62. The highest BCUT2D eigenvalue weighted by Gasteiger charge is 2.64. The first kappa shape index (κ1) is 21.3. The maximum absolute atomic E-state index is 12.8. The van der Waals surface area contributed by atoms with Gasteiger partial charge in [-0.1, -0.05) is 25.4 Å². The molecule has 1 fully saturated rings. The topological polar surface area (TPSA) is 104 Å². The number of carbonyl (C=O) groups excluding carboxylic acids is 5. The minimum absolute atomic E-state index is 0.0618. The first-order valence-corrected chi connectivity index (χ1v) is 8.34. The first-order chi connectivity index (χ1) is 11.5. The van der Waals surface area contributed by atoms with E-state index < -0.39 is 45.5 Å². The Morgan fingerprint density at radius 1 is 1.08 bits per heavy atom. The molecule has 140 valence electrons. The van der Waals surface area contributed by atoms with E-state index in [9.17, 15) is 24.0 Å². The molecule has 2 atom stereocenters. The Morgan fingerprint density at radius 2 is 1.64 bits per heavy atom. The van der Waals surface area contributed by atoms with Gasteiger partial charge in [-0.05, 0) is 12.8 Å². The second kappa shape index (κ2) is 8.08. The number of rotatable bonds is 7. The number of methoxy groups -OCH3 is 2. The van der Waals surface area contributed by atoms with Crippen LogP contribution in [-0.2, 0) is 33.4 Å². The van der Waals surface area contributed by atoms with Gasteiger partial charge in [-0.15, -0.1) is 0 Å². The van der Waals surface area contributed by atoms with Gasteiger partial charge in [0, 0.05) is 24.7 Å². The summed E-state index contributed by atoms with van der Waals surface area (Å²) in [6.07, 6.45) is 0.610. The van der Waals surface area contributed by atoms with Crippen LogP contribution in [0, 0.1) is 11.3 Å². The lowest BCUT2D eigenvalue weighted by Gasteiger charge is -2.43. The second-order valence-electron chi connectivity index (χ2n) is 6.72. The van der Waals surface area contributed by atoms with E-state index in [2.05, 4.69) is 9.47 Å². The summed E-state index contributed by atoms with van der Waals surface area (Å²) in [4.78, 5) is 58.5. The molecule has 0 aromatic rings. The molecule has 1 aliphatic carbocycles. The van der Waals surface area contributed by atoms with Gasteiger partial charge in [-0.3, -0.25) is 19.2 Å². The van der Waals surface area contributed by atoms with E-state index in [1.165, 1.54) is 21.0 Å². The Kier molecular flexibility index (Phi) is 6.88. The molecule has 2 unspecified atom stereocenters. The highest BCUT2D eigenvalue weighted by molar-refractivity contribution is 6.50. The third-order valence-electron chi connectivity index (χ3n) is 4.54. The van der Waals surface area contributed by atoms with Crippen molar-refractivity contribution in [2.45, 2.75) is 50.8 Å². The van der Waals surface area contributed by atoms with E-state index in [-0.39, 0.29) is 19.3 Å². The van der Waals surface area contributed by atoms with Crippen LogP contribution >= 0.6 is 11.6 Å². The van der Waals surface area contributed by atoms with Crippen molar-refractivity contribution in [1.82, 2.24) is 0 Å². The fourth-order valence-corrected chi connectivity index (χ4v) is 3.25. The van der Waals surface area contributed by atoms with Gasteiger partial charge in [0.15, 0.2) is 17.3 Å². The molecule has 0 spiro atoms. The van der Waals surface area contributed by atoms with Crippen molar-refractivity contribution in [3.63, 3.8) is 0 Å². The van der Waals surface area contributed by atoms with Crippen LogP contribution in [0.2, 0.25) is 0 Å². The normalized spacial score (nSPS) is 25.4. The van der Waals surface area contributed by atoms with Crippen molar-refractivity contribution in [2.75, 3.05) is 14.2 Å². The molecule has 25 heavy (non-hydrogen) atoms. The zero-order valence-corrected chi connectivity index (χ0v) is 15.6. The van der Waals surface area contributed by atoms with E-state index >= 15 is 0 Å². The largest absolute Gasteiger partial charge is 0.469 e. The molecule has 7 nitrogen and oxygen atoms in total. The Bertz CT molecular complexity index is 596. The predicted molar refractivity (Wildman–Crippen MR) is 88.0 cm³/mol. The Labute approximate surface area is 151 Å². The lowest BCUT2D eigenvalue weighted by molar-refractivity contribution is -0.159. The fraction of sp³-hybridized carbons (Fsp3) is 0.706. The van der Waals surface area contributed by atoms with Gasteiger partial charge >= 0.3 is 11.9 Å². The second-order valence-corrected chi connectivity index (χ2v) is 7.29. The van der Waals surface area contributed by atoms with Crippen molar-refractivity contribution < 1.29 is 33.4 Å². The molecule has 0 radical (unpaired) electrons. The number of ether oxygens (including phenoxy) is 2. The average Bonchev–Trinajstić information content (AvgIpc) is 2.55. The molecule has 0 aromatic heterocycles. The quantitative estimate of drug-likeness (QED) is 0.288. The molecule has 0 aliphatic heterocycles. The molecular formula is C17H23ClO7. The summed E-state index contributed by atoms with van der Waals surface area (Å²) >= 11 is 6.30. The molecule has 1 saturated carbocycles. The summed E-state index contributed by atoms with van der Waals surface area (Å²) in [5.74, 6) is -5.01. The summed E-state index contributed by atoms with van der Waals surface area (Å²) in [5, 5.41) is 0. The number of hydrogen-bond acceptors (Lipinski definition) is 7. The van der Waals surface area contributed by atoms with Crippen molar-refractivity contribution in [2.24, 2.45) is 11.3 Å². The fourth-order valence-electron chi connectivity index (χ4n) is 3.00. The number of Topliss-reactive ketones (excluding diaryl/α,β-unsaturated/α-hetero) is 3.